The molecule has 45 valence electrons. The lowest BCUT2D eigenvalue weighted by atomic mass is 10.6. The highest BCUT2D eigenvalue weighted by atomic mass is 16.7. The maximum Gasteiger partial charge on any atom is 0.333 e. The summed E-state index contributed by atoms with van der Waals surface area (Å²) < 4.78 is 4.55. The van der Waals surface area contributed by atoms with Crippen molar-refractivity contribution in [2.75, 3.05) is 6.73 Å². The maximum atomic E-state index is 9.81. The number of nitrogens with one attached hydrogen (secondary N) is 1. The molecule has 1 rings (SSSR count). The molecule has 8 heavy (non-hydrogen) atoms. The van der Waals surface area contributed by atoms with Crippen molar-refractivity contribution in [3.8, 4) is 0 Å². The summed E-state index contributed by atoms with van der Waals surface area (Å²) in [5, 5.41) is 12.4. The molecule has 1 radical (unpaired) electrons. The lowest BCUT2D eigenvalue weighted by Crippen LogP contribution is -2.18. The summed E-state index contributed by atoms with van der Waals surface area (Å²) in [6.45, 7) is 1.55. The molecule has 1 fully saturated rings. The van der Waals surface area contributed by atoms with Gasteiger partial charge in [-0.15, -0.1) is 0 Å². The smallest absolute Gasteiger partial charge is 0.300 e. The Morgan fingerprint density at radius 1 is 2.00 bits per heavy atom. The monoisotopic (exact) mass is 117 g/mol. The van der Waals surface area contributed by atoms with E-state index in [9.17, 15) is 10.1 Å². The number of nitrogens with zero attached hydrogens (tertiary/aromatic N) is 1. The van der Waals surface area contributed by atoms with Gasteiger partial charge in [-0.3, -0.25) is 15.4 Å². The fourth-order valence-electron chi connectivity index (χ4n) is 0.452. The minimum atomic E-state index is -0.949. The van der Waals surface area contributed by atoms with Crippen LogP contribution in [0.4, 0.5) is 0 Å². The first-order chi connectivity index (χ1) is 3.80. The summed E-state index contributed by atoms with van der Waals surface area (Å²) in [6.07, 6.45) is -0.949. The minimum Gasteiger partial charge on any atom is -0.300 e. The van der Waals surface area contributed by atoms with Crippen molar-refractivity contribution < 1.29 is 9.66 Å². The van der Waals surface area contributed by atoms with Crippen LogP contribution in [0.25, 0.3) is 0 Å². The van der Waals surface area contributed by atoms with Crippen LogP contribution in [0.2, 0.25) is 0 Å². The summed E-state index contributed by atoms with van der Waals surface area (Å²) in [6, 6.07) is 0. The zero-order valence-corrected chi connectivity index (χ0v) is 4.03. The Morgan fingerprint density at radius 3 is 3.00 bits per heavy atom. The Balaban J connectivity index is 2.35. The number of ether oxygens (including phenoxy) is 1. The first-order valence-corrected chi connectivity index (χ1v) is 2.12. The van der Waals surface area contributed by atoms with Gasteiger partial charge in [0.2, 0.25) is 0 Å². The molecule has 5 nitrogen and oxygen atoms in total. The summed E-state index contributed by atoms with van der Waals surface area (Å²) in [4.78, 5) is 9.31. The van der Waals surface area contributed by atoms with E-state index in [1.165, 1.54) is 6.54 Å². The summed E-state index contributed by atoms with van der Waals surface area (Å²) in [7, 11) is 0. The van der Waals surface area contributed by atoms with Gasteiger partial charge < -0.3 is 4.74 Å². The fourth-order valence-corrected chi connectivity index (χ4v) is 0.452. The lowest BCUT2D eigenvalue weighted by Gasteiger charge is -1.94. The quantitative estimate of drug-likeness (QED) is 0.365. The third kappa shape index (κ3) is 0.932. The summed E-state index contributed by atoms with van der Waals surface area (Å²) in [5.41, 5.74) is 0. The standard InChI is InChI=1S/C3H5N2O3/c6-5(7)3-1-4-2-8-3/h1,3-4H,2H2. The van der Waals surface area contributed by atoms with Crippen molar-refractivity contribution in [2.45, 2.75) is 6.23 Å². The van der Waals surface area contributed by atoms with Crippen LogP contribution in [0.3, 0.4) is 0 Å². The second-order valence-corrected chi connectivity index (χ2v) is 1.36. The topological polar surface area (TPSA) is 64.4 Å². The third-order valence-electron chi connectivity index (χ3n) is 0.806. The van der Waals surface area contributed by atoms with Crippen LogP contribution in [0, 0.1) is 16.7 Å². The molecular weight excluding hydrogens is 112 g/mol. The van der Waals surface area contributed by atoms with Crippen molar-refractivity contribution in [3.63, 3.8) is 0 Å². The van der Waals surface area contributed by atoms with Gasteiger partial charge in [0.15, 0.2) is 0 Å². The molecule has 1 aliphatic rings. The van der Waals surface area contributed by atoms with E-state index in [1.54, 1.807) is 0 Å². The molecule has 0 aromatic carbocycles. The molecule has 0 spiro atoms. The molecule has 1 aliphatic heterocycles. The lowest BCUT2D eigenvalue weighted by molar-refractivity contribution is -0.559. The first kappa shape index (κ1) is 5.46. The van der Waals surface area contributed by atoms with Crippen LogP contribution in [-0.4, -0.2) is 17.9 Å². The molecule has 0 aromatic rings. The Labute approximate surface area is 45.8 Å². The van der Waals surface area contributed by atoms with Gasteiger partial charge in [-0.25, -0.2) is 0 Å². The predicted molar refractivity (Wildman–Crippen MR) is 24.2 cm³/mol. The predicted octanol–water partition coefficient (Wildman–Crippen LogP) is -0.672. The van der Waals surface area contributed by atoms with Gasteiger partial charge in [-0.2, -0.15) is 0 Å². The van der Waals surface area contributed by atoms with Crippen LogP contribution >= 0.6 is 0 Å². The van der Waals surface area contributed by atoms with E-state index in [1.807, 2.05) is 0 Å². The summed E-state index contributed by atoms with van der Waals surface area (Å²) in [5.74, 6) is 0. The van der Waals surface area contributed by atoms with Crippen molar-refractivity contribution in [3.05, 3.63) is 16.7 Å². The van der Waals surface area contributed by atoms with Crippen molar-refractivity contribution in [2.24, 2.45) is 0 Å². The van der Waals surface area contributed by atoms with Crippen LogP contribution in [0.5, 0.6) is 0 Å². The molecule has 0 saturated carbocycles. The van der Waals surface area contributed by atoms with Crippen LogP contribution in [0.15, 0.2) is 0 Å². The van der Waals surface area contributed by atoms with E-state index in [-0.39, 0.29) is 6.73 Å². The van der Waals surface area contributed by atoms with Gasteiger partial charge in [-0.1, -0.05) is 0 Å². The molecule has 1 N–H and O–H groups in total. The Kier molecular flexibility index (Phi) is 1.40. The molecule has 1 atom stereocenters. The zero-order chi connectivity index (χ0) is 5.98. The average Bonchev–Trinajstić information content (AvgIpc) is 2.12. The highest BCUT2D eigenvalue weighted by molar-refractivity contribution is 4.68. The highest BCUT2D eigenvalue weighted by Gasteiger charge is 2.25. The van der Waals surface area contributed by atoms with Crippen molar-refractivity contribution in [1.82, 2.24) is 5.32 Å². The molecule has 1 unspecified atom stereocenters. The molecule has 0 amide bonds. The molecule has 0 aliphatic carbocycles. The van der Waals surface area contributed by atoms with Gasteiger partial charge in [0.05, 0.1) is 4.92 Å². The van der Waals surface area contributed by atoms with Crippen molar-refractivity contribution >= 4 is 0 Å². The van der Waals surface area contributed by atoms with Crippen LogP contribution in [0.1, 0.15) is 0 Å². The highest BCUT2D eigenvalue weighted by Crippen LogP contribution is 1.99. The Hall–Kier alpha value is -0.680. The molecule has 1 saturated heterocycles. The fraction of sp³-hybridized carbons (Fsp3) is 0.667. The largest absolute Gasteiger partial charge is 0.333 e. The molecular formula is C3H5N2O3. The maximum absolute atomic E-state index is 9.81. The number of hydrogen-bond donors (Lipinski definition) is 1. The van der Waals surface area contributed by atoms with E-state index < -0.39 is 11.2 Å². The molecule has 5 heteroatoms. The van der Waals surface area contributed by atoms with E-state index >= 15 is 0 Å². The van der Waals surface area contributed by atoms with Gasteiger partial charge in [-0.05, 0) is 0 Å². The van der Waals surface area contributed by atoms with Gasteiger partial charge in [0.1, 0.15) is 13.3 Å². The second kappa shape index (κ2) is 2.06. The van der Waals surface area contributed by atoms with Crippen LogP contribution < -0.4 is 5.32 Å². The van der Waals surface area contributed by atoms with E-state index in [0.29, 0.717) is 0 Å². The zero-order valence-electron chi connectivity index (χ0n) is 4.03. The Bertz CT molecular complexity index is 98.7. The van der Waals surface area contributed by atoms with Crippen molar-refractivity contribution in [1.29, 1.82) is 0 Å². The SMILES string of the molecule is O=[N+]([O-])C1[CH]NCO1. The third-order valence-corrected chi connectivity index (χ3v) is 0.806. The first-order valence-electron chi connectivity index (χ1n) is 2.12. The van der Waals surface area contributed by atoms with E-state index in [2.05, 4.69) is 10.1 Å². The van der Waals surface area contributed by atoms with E-state index in [0.717, 1.165) is 0 Å². The summed E-state index contributed by atoms with van der Waals surface area (Å²) >= 11 is 0. The molecule has 1 heterocycles. The number of nitro groups is 1. The van der Waals surface area contributed by atoms with Gasteiger partial charge in [0, 0.05) is 0 Å². The van der Waals surface area contributed by atoms with Gasteiger partial charge in [0.25, 0.3) is 0 Å². The van der Waals surface area contributed by atoms with Crippen LogP contribution in [-0.2, 0) is 4.74 Å². The van der Waals surface area contributed by atoms with Gasteiger partial charge >= 0.3 is 6.23 Å². The number of rotatable bonds is 1. The Morgan fingerprint density at radius 2 is 2.75 bits per heavy atom. The molecule has 0 bridgehead atoms. The number of hydrogen-bond acceptors (Lipinski definition) is 4. The van der Waals surface area contributed by atoms with E-state index in [4.69, 9.17) is 0 Å². The average molecular weight is 117 g/mol. The molecule has 0 aromatic heterocycles. The minimum absolute atomic E-state index is 0.242. The second-order valence-electron chi connectivity index (χ2n) is 1.36. The normalized spacial score (nSPS) is 28.2.